The molecule has 2 aromatic carbocycles. The van der Waals surface area contributed by atoms with E-state index in [0.29, 0.717) is 35.2 Å². The molecular weight excluding hydrogens is 456 g/mol. The first-order chi connectivity index (χ1) is 16.5. The normalized spacial score (nSPS) is 13.9. The van der Waals surface area contributed by atoms with Gasteiger partial charge in [0, 0.05) is 50.5 Å². The van der Waals surface area contributed by atoms with Gasteiger partial charge in [0.2, 0.25) is 5.95 Å². The van der Waals surface area contributed by atoms with E-state index in [1.165, 1.54) is 12.1 Å². The quantitative estimate of drug-likeness (QED) is 0.319. The van der Waals surface area contributed by atoms with Gasteiger partial charge >= 0.3 is 0 Å². The number of rotatable bonds is 6. The number of nitro groups is 1. The van der Waals surface area contributed by atoms with Gasteiger partial charge in [-0.3, -0.25) is 10.1 Å². The highest BCUT2D eigenvalue weighted by atomic mass is 35.5. The number of fused-ring (bicyclic) bond motifs is 1. The maximum atomic E-state index is 11.2. The molecule has 1 fully saturated rings. The van der Waals surface area contributed by atoms with E-state index < -0.39 is 4.92 Å². The second-order valence-corrected chi connectivity index (χ2v) is 8.34. The summed E-state index contributed by atoms with van der Waals surface area (Å²) in [7, 11) is 0. The molecule has 1 aliphatic heterocycles. The van der Waals surface area contributed by atoms with Gasteiger partial charge in [-0.1, -0.05) is 29.8 Å². The minimum absolute atomic E-state index is 0.00491. The Bertz CT molecular complexity index is 1350. The molecule has 0 amide bonds. The van der Waals surface area contributed by atoms with Crippen molar-refractivity contribution in [3.63, 3.8) is 0 Å². The number of benzene rings is 2. The molecule has 0 saturated carbocycles. The highest BCUT2D eigenvalue weighted by Crippen LogP contribution is 2.29. The van der Waals surface area contributed by atoms with Crippen LogP contribution in [0.3, 0.4) is 0 Å². The lowest BCUT2D eigenvalue weighted by atomic mass is 10.2. The zero-order valence-electron chi connectivity index (χ0n) is 18.6. The molecule has 0 aliphatic carbocycles. The Morgan fingerprint density at radius 2 is 1.82 bits per heavy atom. The number of nitrogens with zero attached hydrogens (tertiary/aromatic N) is 7. The smallest absolute Gasteiger partial charge is 0.271 e. The van der Waals surface area contributed by atoms with Crippen molar-refractivity contribution in [2.75, 3.05) is 41.3 Å². The minimum atomic E-state index is -0.420. The summed E-state index contributed by atoms with van der Waals surface area (Å²) in [4.78, 5) is 29.2. The van der Waals surface area contributed by atoms with Gasteiger partial charge in [-0.2, -0.15) is 9.97 Å². The third-order valence-corrected chi connectivity index (χ3v) is 6.19. The fraction of sp³-hybridized carbons (Fsp3) is 0.261. The highest BCUT2D eigenvalue weighted by Gasteiger charge is 2.23. The molecule has 10 nitrogen and oxygen atoms in total. The summed E-state index contributed by atoms with van der Waals surface area (Å²) in [5, 5.41) is 15.1. The molecule has 1 N–H and O–H groups in total. The van der Waals surface area contributed by atoms with Crippen LogP contribution in [0.15, 0.2) is 54.9 Å². The number of imidazole rings is 1. The first-order valence-corrected chi connectivity index (χ1v) is 11.4. The van der Waals surface area contributed by atoms with Crippen LogP contribution >= 0.6 is 11.6 Å². The van der Waals surface area contributed by atoms with E-state index in [1.807, 2.05) is 35.8 Å². The lowest BCUT2D eigenvalue weighted by Crippen LogP contribution is -2.47. The lowest BCUT2D eigenvalue weighted by molar-refractivity contribution is -0.384. The number of anilines is 4. The molecule has 0 unspecified atom stereocenters. The van der Waals surface area contributed by atoms with Gasteiger partial charge in [0.25, 0.3) is 5.69 Å². The topological polar surface area (TPSA) is 105 Å². The summed E-state index contributed by atoms with van der Waals surface area (Å²) in [5.74, 6) is 1.11. The predicted molar refractivity (Wildman–Crippen MR) is 133 cm³/mol. The van der Waals surface area contributed by atoms with Crippen molar-refractivity contribution in [3.05, 3.63) is 70.0 Å². The van der Waals surface area contributed by atoms with E-state index in [-0.39, 0.29) is 5.69 Å². The van der Waals surface area contributed by atoms with Crippen molar-refractivity contribution < 1.29 is 4.92 Å². The van der Waals surface area contributed by atoms with E-state index in [2.05, 4.69) is 20.1 Å². The molecule has 1 aliphatic rings. The van der Waals surface area contributed by atoms with Gasteiger partial charge in [-0.25, -0.2) is 4.98 Å². The molecule has 3 heterocycles. The van der Waals surface area contributed by atoms with Crippen molar-refractivity contribution in [2.24, 2.45) is 0 Å². The van der Waals surface area contributed by atoms with Crippen molar-refractivity contribution in [2.45, 2.75) is 13.5 Å². The standard InChI is InChI=1S/C23H23ClN8O2/c1-2-29-15-25-20-21(26-16-6-5-7-17(14-16)32(33)34)27-23(28-22(20)29)31-12-10-30(11-13-31)19-9-4-3-8-18(19)24/h3-9,14-15H,2,10-13H2,1H3,(H,26,27,28). The number of hydrogen-bond acceptors (Lipinski definition) is 8. The number of nitrogens with one attached hydrogen (secondary N) is 1. The van der Waals surface area contributed by atoms with Gasteiger partial charge in [-0.05, 0) is 25.1 Å². The van der Waals surface area contributed by atoms with E-state index in [4.69, 9.17) is 21.6 Å². The third-order valence-electron chi connectivity index (χ3n) is 5.87. The van der Waals surface area contributed by atoms with E-state index in [9.17, 15) is 10.1 Å². The Morgan fingerprint density at radius 3 is 2.56 bits per heavy atom. The van der Waals surface area contributed by atoms with Crippen LogP contribution in [-0.4, -0.2) is 50.6 Å². The average molecular weight is 479 g/mol. The zero-order valence-corrected chi connectivity index (χ0v) is 19.3. The summed E-state index contributed by atoms with van der Waals surface area (Å²) in [5.41, 5.74) is 2.93. The van der Waals surface area contributed by atoms with Gasteiger partial charge in [-0.15, -0.1) is 0 Å². The van der Waals surface area contributed by atoms with Crippen LogP contribution in [0, 0.1) is 10.1 Å². The summed E-state index contributed by atoms with van der Waals surface area (Å²) >= 11 is 6.39. The molecule has 0 spiro atoms. The molecule has 1 saturated heterocycles. The molecule has 34 heavy (non-hydrogen) atoms. The molecule has 5 rings (SSSR count). The number of nitro benzene ring substituents is 1. The van der Waals surface area contributed by atoms with Crippen molar-refractivity contribution in [1.82, 2.24) is 19.5 Å². The highest BCUT2D eigenvalue weighted by molar-refractivity contribution is 6.33. The van der Waals surface area contributed by atoms with Crippen molar-refractivity contribution >= 4 is 51.6 Å². The lowest BCUT2D eigenvalue weighted by Gasteiger charge is -2.36. The Morgan fingerprint density at radius 1 is 1.06 bits per heavy atom. The fourth-order valence-electron chi connectivity index (χ4n) is 4.08. The Kier molecular flexibility index (Phi) is 5.89. The monoisotopic (exact) mass is 478 g/mol. The average Bonchev–Trinajstić information content (AvgIpc) is 3.28. The number of aryl methyl sites for hydroxylation is 1. The van der Waals surface area contributed by atoms with Gasteiger partial charge < -0.3 is 19.7 Å². The van der Waals surface area contributed by atoms with Gasteiger partial charge in [0.1, 0.15) is 0 Å². The van der Waals surface area contributed by atoms with Crippen molar-refractivity contribution in [1.29, 1.82) is 0 Å². The molecule has 174 valence electrons. The van der Waals surface area contributed by atoms with Gasteiger partial charge in [0.15, 0.2) is 17.0 Å². The first-order valence-electron chi connectivity index (χ1n) is 11.0. The van der Waals surface area contributed by atoms with Crippen LogP contribution in [0.4, 0.5) is 28.8 Å². The Hall–Kier alpha value is -3.92. The summed E-state index contributed by atoms with van der Waals surface area (Å²) in [6, 6.07) is 14.2. The van der Waals surface area contributed by atoms with Crippen LogP contribution < -0.4 is 15.1 Å². The number of piperazine rings is 1. The van der Waals surface area contributed by atoms with Crippen LogP contribution in [0.1, 0.15) is 6.92 Å². The number of aromatic nitrogens is 4. The van der Waals surface area contributed by atoms with Crippen LogP contribution in [0.2, 0.25) is 5.02 Å². The Labute approximate surface area is 201 Å². The summed E-state index contributed by atoms with van der Waals surface area (Å²) < 4.78 is 1.96. The third kappa shape index (κ3) is 4.19. The van der Waals surface area contributed by atoms with Crippen molar-refractivity contribution in [3.8, 4) is 0 Å². The number of hydrogen-bond donors (Lipinski definition) is 1. The maximum absolute atomic E-state index is 11.2. The van der Waals surface area contributed by atoms with Crippen LogP contribution in [0.25, 0.3) is 11.2 Å². The first kappa shape index (κ1) is 21.9. The second-order valence-electron chi connectivity index (χ2n) is 7.93. The summed E-state index contributed by atoms with van der Waals surface area (Å²) in [6.07, 6.45) is 1.73. The van der Waals surface area contributed by atoms with E-state index in [0.717, 1.165) is 36.9 Å². The number of halogens is 1. The van der Waals surface area contributed by atoms with E-state index in [1.54, 1.807) is 18.5 Å². The molecule has 2 aromatic heterocycles. The molecule has 0 radical (unpaired) electrons. The molecule has 11 heteroatoms. The van der Waals surface area contributed by atoms with Gasteiger partial charge in [0.05, 0.1) is 22.0 Å². The maximum Gasteiger partial charge on any atom is 0.271 e. The Balaban J connectivity index is 1.45. The van der Waals surface area contributed by atoms with Crippen LogP contribution in [-0.2, 0) is 6.54 Å². The SMILES string of the molecule is CCn1cnc2c(Nc3cccc([N+](=O)[O-])c3)nc(N3CCN(c4ccccc4Cl)CC3)nc21. The molecule has 4 aromatic rings. The molecule has 0 atom stereocenters. The molecule has 0 bridgehead atoms. The number of para-hydroxylation sites is 1. The number of non-ortho nitro benzene ring substituents is 1. The minimum Gasteiger partial charge on any atom is -0.367 e. The zero-order chi connectivity index (χ0) is 23.7. The van der Waals surface area contributed by atoms with Crippen LogP contribution in [0.5, 0.6) is 0 Å². The molecular formula is C23H23ClN8O2. The fourth-order valence-corrected chi connectivity index (χ4v) is 4.34. The van der Waals surface area contributed by atoms with E-state index >= 15 is 0 Å². The largest absolute Gasteiger partial charge is 0.367 e. The second kappa shape index (κ2) is 9.14. The predicted octanol–water partition coefficient (Wildman–Crippen LogP) is 4.48. The summed E-state index contributed by atoms with van der Waals surface area (Å²) in [6.45, 7) is 5.76.